The number of rotatable bonds is 4. The predicted octanol–water partition coefficient (Wildman–Crippen LogP) is 1.83. The zero-order valence-corrected chi connectivity index (χ0v) is 14.8. The molecular formula is C20H28N2O3. The van der Waals surface area contributed by atoms with E-state index >= 15 is 0 Å². The number of fused-ring (bicyclic) bond motifs is 1. The highest BCUT2D eigenvalue weighted by Gasteiger charge is 2.37. The number of ether oxygens (including phenoxy) is 1. The Bertz CT molecular complexity index is 621. The lowest BCUT2D eigenvalue weighted by atomic mass is 9.94. The summed E-state index contributed by atoms with van der Waals surface area (Å²) >= 11 is 0. The molecule has 0 spiro atoms. The number of benzene rings is 1. The first kappa shape index (κ1) is 17.0. The van der Waals surface area contributed by atoms with Crippen LogP contribution in [0.2, 0.25) is 0 Å². The number of hydrogen-bond acceptors (Lipinski definition) is 4. The molecule has 5 heteroatoms. The van der Waals surface area contributed by atoms with E-state index in [1.807, 2.05) is 23.1 Å². The van der Waals surface area contributed by atoms with Crippen molar-refractivity contribution < 1.29 is 14.6 Å². The van der Waals surface area contributed by atoms with Crippen LogP contribution >= 0.6 is 0 Å². The van der Waals surface area contributed by atoms with Gasteiger partial charge >= 0.3 is 0 Å². The van der Waals surface area contributed by atoms with Gasteiger partial charge in [-0.05, 0) is 30.9 Å². The molecule has 0 unspecified atom stereocenters. The summed E-state index contributed by atoms with van der Waals surface area (Å²) in [6.45, 7) is 3.82. The molecule has 3 aliphatic rings. The fraction of sp³-hybridized carbons (Fsp3) is 0.650. The van der Waals surface area contributed by atoms with Crippen molar-refractivity contribution in [3.05, 3.63) is 29.8 Å². The highest BCUT2D eigenvalue weighted by molar-refractivity contribution is 5.95. The minimum atomic E-state index is -0.213. The quantitative estimate of drug-likeness (QED) is 0.905. The molecule has 136 valence electrons. The smallest absolute Gasteiger partial charge is 0.228 e. The van der Waals surface area contributed by atoms with Gasteiger partial charge in [0.2, 0.25) is 5.91 Å². The molecule has 1 saturated carbocycles. The third-order valence-electron chi connectivity index (χ3n) is 6.11. The maximum absolute atomic E-state index is 12.8. The lowest BCUT2D eigenvalue weighted by molar-refractivity contribution is -0.119. The monoisotopic (exact) mass is 344 g/mol. The van der Waals surface area contributed by atoms with Gasteiger partial charge in [-0.1, -0.05) is 24.6 Å². The fourth-order valence-corrected chi connectivity index (χ4v) is 4.72. The van der Waals surface area contributed by atoms with E-state index in [2.05, 4.69) is 11.0 Å². The second kappa shape index (κ2) is 7.44. The minimum absolute atomic E-state index is 0.210. The van der Waals surface area contributed by atoms with Crippen LogP contribution in [-0.4, -0.2) is 60.9 Å². The third-order valence-corrected chi connectivity index (χ3v) is 6.11. The van der Waals surface area contributed by atoms with E-state index in [1.54, 1.807) is 0 Å². The molecule has 0 bridgehead atoms. The van der Waals surface area contributed by atoms with E-state index in [-0.39, 0.29) is 18.1 Å². The van der Waals surface area contributed by atoms with Crippen molar-refractivity contribution in [3.63, 3.8) is 0 Å². The topological polar surface area (TPSA) is 53.0 Å². The van der Waals surface area contributed by atoms with Crippen LogP contribution in [-0.2, 0) is 16.0 Å². The highest BCUT2D eigenvalue weighted by Crippen LogP contribution is 2.32. The van der Waals surface area contributed by atoms with Crippen molar-refractivity contribution in [1.29, 1.82) is 0 Å². The van der Waals surface area contributed by atoms with Crippen LogP contribution in [0, 0.1) is 5.92 Å². The predicted molar refractivity (Wildman–Crippen MR) is 96.6 cm³/mol. The Kier molecular flexibility index (Phi) is 5.06. The number of anilines is 1. The Morgan fingerprint density at radius 2 is 2.12 bits per heavy atom. The summed E-state index contributed by atoms with van der Waals surface area (Å²) in [4.78, 5) is 17.1. The summed E-state index contributed by atoms with van der Waals surface area (Å²) in [5.41, 5.74) is 2.35. The summed E-state index contributed by atoms with van der Waals surface area (Å²) in [6.07, 6.45) is 4.34. The third kappa shape index (κ3) is 3.46. The molecule has 2 fully saturated rings. The van der Waals surface area contributed by atoms with Crippen molar-refractivity contribution >= 4 is 11.6 Å². The van der Waals surface area contributed by atoms with Crippen molar-refractivity contribution in [2.75, 3.05) is 37.7 Å². The van der Waals surface area contributed by atoms with Crippen LogP contribution in [0.5, 0.6) is 0 Å². The van der Waals surface area contributed by atoms with E-state index in [4.69, 9.17) is 4.74 Å². The molecule has 3 atom stereocenters. The summed E-state index contributed by atoms with van der Waals surface area (Å²) in [6, 6.07) is 8.46. The molecule has 4 rings (SSSR count). The molecule has 5 nitrogen and oxygen atoms in total. The van der Waals surface area contributed by atoms with Crippen LogP contribution in [0.25, 0.3) is 0 Å². The average Bonchev–Trinajstić information content (AvgIpc) is 3.26. The number of para-hydroxylation sites is 1. The maximum atomic E-state index is 12.8. The molecule has 1 saturated heterocycles. The number of aliphatic hydroxyl groups excluding tert-OH is 1. The molecule has 1 N–H and O–H groups in total. The Balaban J connectivity index is 1.37. The van der Waals surface area contributed by atoms with Crippen LogP contribution < -0.4 is 4.90 Å². The van der Waals surface area contributed by atoms with E-state index in [0.29, 0.717) is 18.9 Å². The summed E-state index contributed by atoms with van der Waals surface area (Å²) in [7, 11) is 0. The van der Waals surface area contributed by atoms with Gasteiger partial charge in [0.15, 0.2) is 0 Å². The van der Waals surface area contributed by atoms with Gasteiger partial charge in [-0.3, -0.25) is 9.69 Å². The lowest BCUT2D eigenvalue weighted by Crippen LogP contribution is -2.52. The highest BCUT2D eigenvalue weighted by atomic mass is 16.5. The van der Waals surface area contributed by atoms with Gasteiger partial charge in [0, 0.05) is 43.7 Å². The van der Waals surface area contributed by atoms with Crippen LogP contribution in [0.15, 0.2) is 24.3 Å². The Morgan fingerprint density at radius 3 is 2.96 bits per heavy atom. The van der Waals surface area contributed by atoms with Gasteiger partial charge in [-0.25, -0.2) is 0 Å². The maximum Gasteiger partial charge on any atom is 0.228 e. The minimum Gasteiger partial charge on any atom is -0.393 e. The van der Waals surface area contributed by atoms with Gasteiger partial charge in [0.25, 0.3) is 0 Å². The fourth-order valence-electron chi connectivity index (χ4n) is 4.72. The van der Waals surface area contributed by atoms with Crippen LogP contribution in [0.1, 0.15) is 31.2 Å². The largest absolute Gasteiger partial charge is 0.393 e. The molecule has 0 radical (unpaired) electrons. The van der Waals surface area contributed by atoms with Gasteiger partial charge in [0.05, 0.1) is 19.3 Å². The van der Waals surface area contributed by atoms with Gasteiger partial charge in [-0.2, -0.15) is 0 Å². The first-order valence-corrected chi connectivity index (χ1v) is 9.62. The molecule has 25 heavy (non-hydrogen) atoms. The summed E-state index contributed by atoms with van der Waals surface area (Å²) in [5.74, 6) is 0.505. The van der Waals surface area contributed by atoms with Crippen LogP contribution in [0.4, 0.5) is 5.69 Å². The SMILES string of the molecule is O=C(CCN1CCOC[C@@H]1[C@@H]1CCC[C@@H]1O)N1CCc2ccccc21. The van der Waals surface area contributed by atoms with Gasteiger partial charge < -0.3 is 14.7 Å². The number of carbonyl (C=O) groups excluding carboxylic acids is 1. The van der Waals surface area contributed by atoms with Gasteiger partial charge in [0.1, 0.15) is 0 Å². The molecule has 1 aromatic rings. The molecule has 1 aliphatic carbocycles. The van der Waals surface area contributed by atoms with E-state index in [1.165, 1.54) is 5.56 Å². The van der Waals surface area contributed by atoms with E-state index in [0.717, 1.165) is 57.6 Å². The number of aliphatic hydroxyl groups is 1. The zero-order chi connectivity index (χ0) is 17.2. The van der Waals surface area contributed by atoms with Crippen LogP contribution in [0.3, 0.4) is 0 Å². The Labute approximate surface area is 149 Å². The van der Waals surface area contributed by atoms with Crippen molar-refractivity contribution in [1.82, 2.24) is 4.90 Å². The normalized spacial score (nSPS) is 29.8. The molecule has 2 heterocycles. The molecular weight excluding hydrogens is 316 g/mol. The number of carbonyl (C=O) groups is 1. The molecule has 1 aromatic carbocycles. The summed E-state index contributed by atoms with van der Waals surface area (Å²) < 4.78 is 5.68. The number of morpholine rings is 1. The van der Waals surface area contributed by atoms with E-state index < -0.39 is 0 Å². The van der Waals surface area contributed by atoms with E-state index in [9.17, 15) is 9.90 Å². The standard InChI is InChI=1S/C20H28N2O3/c23-19-7-3-5-16(19)18-14-25-13-12-21(18)10-9-20(24)22-11-8-15-4-1-2-6-17(15)22/h1-2,4,6,16,18-19,23H,3,5,7-14H2/t16-,18+,19-/m0/s1. The first-order valence-electron chi connectivity index (χ1n) is 9.62. The Morgan fingerprint density at radius 1 is 1.24 bits per heavy atom. The molecule has 0 aromatic heterocycles. The first-order chi connectivity index (χ1) is 12.2. The second-order valence-electron chi connectivity index (χ2n) is 7.51. The molecule has 2 aliphatic heterocycles. The summed E-state index contributed by atoms with van der Waals surface area (Å²) in [5, 5.41) is 10.3. The number of amides is 1. The van der Waals surface area contributed by atoms with Crippen molar-refractivity contribution in [3.8, 4) is 0 Å². The van der Waals surface area contributed by atoms with Crippen molar-refractivity contribution in [2.45, 2.75) is 44.2 Å². The van der Waals surface area contributed by atoms with Gasteiger partial charge in [-0.15, -0.1) is 0 Å². The number of nitrogens with zero attached hydrogens (tertiary/aromatic N) is 2. The average molecular weight is 344 g/mol. The second-order valence-corrected chi connectivity index (χ2v) is 7.51. The number of hydrogen-bond donors (Lipinski definition) is 1. The molecule has 1 amide bonds. The lowest BCUT2D eigenvalue weighted by Gasteiger charge is -2.40. The Hall–Kier alpha value is -1.43. The van der Waals surface area contributed by atoms with Crippen molar-refractivity contribution in [2.24, 2.45) is 5.92 Å². The zero-order valence-electron chi connectivity index (χ0n) is 14.8.